The fourth-order valence-corrected chi connectivity index (χ4v) is 1.92. The first-order chi connectivity index (χ1) is 7.75. The summed E-state index contributed by atoms with van der Waals surface area (Å²) >= 11 is 0. The predicted octanol–water partition coefficient (Wildman–Crippen LogP) is 1.23. The molecule has 0 radical (unpaired) electrons. The van der Waals surface area contributed by atoms with Gasteiger partial charge < -0.3 is 14.4 Å². The van der Waals surface area contributed by atoms with Crippen LogP contribution in [-0.4, -0.2) is 27.3 Å². The number of rotatable bonds is 4. The first-order valence-corrected chi connectivity index (χ1v) is 5.35. The molecular weight excluding hydrogens is 212 g/mol. The van der Waals surface area contributed by atoms with Gasteiger partial charge >= 0.3 is 5.97 Å². The van der Waals surface area contributed by atoms with Crippen LogP contribution in [0, 0.1) is 5.92 Å². The fraction of sp³-hybridized carbons (Fsp3) is 0.700. The van der Waals surface area contributed by atoms with Crippen LogP contribution in [0.4, 0.5) is 0 Å². The Morgan fingerprint density at radius 1 is 1.50 bits per heavy atom. The van der Waals surface area contributed by atoms with Crippen LogP contribution in [0.15, 0.2) is 10.9 Å². The van der Waals surface area contributed by atoms with E-state index in [2.05, 4.69) is 14.7 Å². The van der Waals surface area contributed by atoms with Crippen LogP contribution in [0.2, 0.25) is 0 Å². The van der Waals surface area contributed by atoms with Gasteiger partial charge in [-0.05, 0) is 25.7 Å². The van der Waals surface area contributed by atoms with Crippen molar-refractivity contribution in [2.75, 3.05) is 0 Å². The number of hydrogen-bond donors (Lipinski definition) is 1. The first kappa shape index (κ1) is 11.1. The van der Waals surface area contributed by atoms with Gasteiger partial charge in [-0.3, -0.25) is 4.79 Å². The Balaban J connectivity index is 1.71. The van der Waals surface area contributed by atoms with Crippen molar-refractivity contribution in [1.82, 2.24) is 10.1 Å². The van der Waals surface area contributed by atoms with Gasteiger partial charge in [-0.25, -0.2) is 0 Å². The van der Waals surface area contributed by atoms with Gasteiger partial charge in [0.05, 0.1) is 12.0 Å². The van der Waals surface area contributed by atoms with E-state index in [0.717, 1.165) is 12.8 Å². The molecule has 0 aliphatic heterocycles. The molecular formula is C10H14N2O4. The van der Waals surface area contributed by atoms with Gasteiger partial charge in [0, 0.05) is 0 Å². The van der Waals surface area contributed by atoms with Gasteiger partial charge in [0.25, 0.3) is 0 Å². The molecule has 1 aromatic heterocycles. The van der Waals surface area contributed by atoms with Gasteiger partial charge in [-0.15, -0.1) is 0 Å². The average Bonchev–Trinajstić information content (AvgIpc) is 2.80. The SMILES string of the molecule is O=C(O)C1CCC(OCc2ncon2)CC1. The second-order valence-corrected chi connectivity index (χ2v) is 3.97. The summed E-state index contributed by atoms with van der Waals surface area (Å²) in [6.07, 6.45) is 4.33. The normalized spacial score (nSPS) is 25.5. The zero-order valence-electron chi connectivity index (χ0n) is 8.83. The summed E-state index contributed by atoms with van der Waals surface area (Å²) in [6, 6.07) is 0. The standard InChI is InChI=1S/C10H14N2O4/c13-10(14)7-1-3-8(4-2-7)15-5-9-11-6-16-12-9/h6-8H,1-5H2,(H,13,14). The molecule has 0 saturated heterocycles. The maximum atomic E-state index is 10.7. The van der Waals surface area contributed by atoms with Crippen molar-refractivity contribution in [2.45, 2.75) is 38.4 Å². The minimum atomic E-state index is -0.698. The van der Waals surface area contributed by atoms with Crippen molar-refractivity contribution >= 4 is 5.97 Å². The molecule has 6 heteroatoms. The van der Waals surface area contributed by atoms with E-state index in [-0.39, 0.29) is 12.0 Å². The second kappa shape index (κ2) is 5.07. The van der Waals surface area contributed by atoms with Gasteiger partial charge in [0.1, 0.15) is 6.61 Å². The Bertz CT molecular complexity index is 331. The zero-order chi connectivity index (χ0) is 11.4. The van der Waals surface area contributed by atoms with Crippen molar-refractivity contribution in [1.29, 1.82) is 0 Å². The highest BCUT2D eigenvalue weighted by atomic mass is 16.5. The third-order valence-corrected chi connectivity index (χ3v) is 2.88. The average molecular weight is 226 g/mol. The van der Waals surface area contributed by atoms with E-state index in [0.29, 0.717) is 25.3 Å². The number of carboxylic acids is 1. The molecule has 1 heterocycles. The summed E-state index contributed by atoms with van der Waals surface area (Å²) in [7, 11) is 0. The highest BCUT2D eigenvalue weighted by Crippen LogP contribution is 2.26. The Hall–Kier alpha value is -1.43. The summed E-state index contributed by atoms with van der Waals surface area (Å²) < 4.78 is 10.2. The van der Waals surface area contributed by atoms with Crippen LogP contribution in [-0.2, 0) is 16.1 Å². The summed E-state index contributed by atoms with van der Waals surface area (Å²) in [5.74, 6) is -0.373. The molecule has 1 N–H and O–H groups in total. The second-order valence-electron chi connectivity index (χ2n) is 3.97. The van der Waals surface area contributed by atoms with Crippen LogP contribution < -0.4 is 0 Å². The molecule has 6 nitrogen and oxygen atoms in total. The molecule has 88 valence electrons. The molecule has 16 heavy (non-hydrogen) atoms. The summed E-state index contributed by atoms with van der Waals surface area (Å²) in [6.45, 7) is 0.332. The van der Waals surface area contributed by atoms with Gasteiger partial charge in [-0.2, -0.15) is 4.98 Å². The minimum Gasteiger partial charge on any atom is -0.481 e. The van der Waals surface area contributed by atoms with Crippen molar-refractivity contribution in [2.24, 2.45) is 5.92 Å². The molecule has 2 rings (SSSR count). The van der Waals surface area contributed by atoms with Crippen molar-refractivity contribution < 1.29 is 19.2 Å². The lowest BCUT2D eigenvalue weighted by Gasteiger charge is -2.25. The number of aliphatic carboxylic acids is 1. The van der Waals surface area contributed by atoms with E-state index in [9.17, 15) is 4.79 Å². The minimum absolute atomic E-state index is 0.120. The van der Waals surface area contributed by atoms with Crippen LogP contribution in [0.5, 0.6) is 0 Å². The van der Waals surface area contributed by atoms with Crippen molar-refractivity contribution in [3.05, 3.63) is 12.2 Å². The maximum absolute atomic E-state index is 10.7. The molecule has 0 aromatic carbocycles. The van der Waals surface area contributed by atoms with Gasteiger partial charge in [0.2, 0.25) is 6.39 Å². The summed E-state index contributed by atoms with van der Waals surface area (Å²) in [5.41, 5.74) is 0. The van der Waals surface area contributed by atoms with Crippen molar-refractivity contribution in [3.8, 4) is 0 Å². The highest BCUT2D eigenvalue weighted by molar-refractivity contribution is 5.69. The number of ether oxygens (including phenoxy) is 1. The summed E-state index contributed by atoms with van der Waals surface area (Å²) in [4.78, 5) is 14.6. The monoisotopic (exact) mass is 226 g/mol. The largest absolute Gasteiger partial charge is 0.481 e. The number of carbonyl (C=O) groups is 1. The first-order valence-electron chi connectivity index (χ1n) is 5.35. The van der Waals surface area contributed by atoms with E-state index < -0.39 is 5.97 Å². The lowest BCUT2D eigenvalue weighted by atomic mass is 9.87. The van der Waals surface area contributed by atoms with Crippen LogP contribution in [0.3, 0.4) is 0 Å². The lowest BCUT2D eigenvalue weighted by molar-refractivity contribution is -0.143. The molecule has 1 saturated carbocycles. The number of hydrogen-bond acceptors (Lipinski definition) is 5. The van der Waals surface area contributed by atoms with Crippen LogP contribution in [0.1, 0.15) is 31.5 Å². The Morgan fingerprint density at radius 3 is 2.81 bits per heavy atom. The topological polar surface area (TPSA) is 85.5 Å². The maximum Gasteiger partial charge on any atom is 0.306 e. The molecule has 0 spiro atoms. The quantitative estimate of drug-likeness (QED) is 0.831. The fourth-order valence-electron chi connectivity index (χ4n) is 1.92. The number of aromatic nitrogens is 2. The third kappa shape index (κ3) is 2.79. The predicted molar refractivity (Wildman–Crippen MR) is 52.5 cm³/mol. The van der Waals surface area contributed by atoms with E-state index in [1.165, 1.54) is 6.39 Å². The molecule has 1 aliphatic carbocycles. The van der Waals surface area contributed by atoms with Crippen LogP contribution in [0.25, 0.3) is 0 Å². The highest BCUT2D eigenvalue weighted by Gasteiger charge is 2.26. The Labute approximate surface area is 92.6 Å². The molecule has 1 fully saturated rings. The van der Waals surface area contributed by atoms with Crippen LogP contribution >= 0.6 is 0 Å². The molecule has 0 atom stereocenters. The number of carboxylic acid groups (broad SMARTS) is 1. The molecule has 0 bridgehead atoms. The van der Waals surface area contributed by atoms with Crippen molar-refractivity contribution in [3.63, 3.8) is 0 Å². The lowest BCUT2D eigenvalue weighted by Crippen LogP contribution is -2.26. The van der Waals surface area contributed by atoms with E-state index in [4.69, 9.17) is 9.84 Å². The van der Waals surface area contributed by atoms with E-state index >= 15 is 0 Å². The Kier molecular flexibility index (Phi) is 3.51. The van der Waals surface area contributed by atoms with Gasteiger partial charge in [-0.1, -0.05) is 5.16 Å². The molecule has 0 unspecified atom stereocenters. The van der Waals surface area contributed by atoms with Gasteiger partial charge in [0.15, 0.2) is 5.82 Å². The third-order valence-electron chi connectivity index (χ3n) is 2.88. The van der Waals surface area contributed by atoms with E-state index in [1.54, 1.807) is 0 Å². The molecule has 1 aliphatic rings. The molecule has 0 amide bonds. The smallest absolute Gasteiger partial charge is 0.306 e. The zero-order valence-corrected chi connectivity index (χ0v) is 8.83. The summed E-state index contributed by atoms with van der Waals surface area (Å²) in [5, 5.41) is 12.5. The Morgan fingerprint density at radius 2 is 2.25 bits per heavy atom. The number of nitrogens with zero attached hydrogens (tertiary/aromatic N) is 2. The van der Waals surface area contributed by atoms with E-state index in [1.807, 2.05) is 0 Å². The molecule has 1 aromatic rings.